The van der Waals surface area contributed by atoms with Crippen molar-refractivity contribution in [3.63, 3.8) is 0 Å². The quantitative estimate of drug-likeness (QED) is 0.724. The minimum atomic E-state index is 0.0710. The van der Waals surface area contributed by atoms with Crippen LogP contribution in [0.15, 0.2) is 42.5 Å². The predicted octanol–water partition coefficient (Wildman–Crippen LogP) is 3.83. The van der Waals surface area contributed by atoms with Crippen molar-refractivity contribution in [3.8, 4) is 0 Å². The van der Waals surface area contributed by atoms with Crippen molar-refractivity contribution in [3.05, 3.63) is 70.3 Å². The summed E-state index contributed by atoms with van der Waals surface area (Å²) in [6.45, 7) is 4.04. The number of carbonyl (C=O) groups is 1. The largest absolute Gasteiger partial charge is 0.293 e. The van der Waals surface area contributed by atoms with Crippen LogP contribution < -0.4 is 0 Å². The summed E-state index contributed by atoms with van der Waals surface area (Å²) in [5.74, 6) is 0.344. The van der Waals surface area contributed by atoms with E-state index >= 15 is 0 Å². The van der Waals surface area contributed by atoms with Crippen molar-refractivity contribution in [2.75, 3.05) is 0 Å². The second-order valence-electron chi connectivity index (χ2n) is 5.14. The van der Waals surface area contributed by atoms with E-state index in [-0.39, 0.29) is 11.7 Å². The first kappa shape index (κ1) is 11.2. The fourth-order valence-electron chi connectivity index (χ4n) is 2.68. The number of benzene rings is 2. The van der Waals surface area contributed by atoms with Crippen LogP contribution in [0.5, 0.6) is 0 Å². The van der Waals surface area contributed by atoms with Crippen LogP contribution in [0.2, 0.25) is 0 Å². The molecule has 2 aromatic rings. The molecule has 0 spiro atoms. The number of ketones is 1. The summed E-state index contributed by atoms with van der Waals surface area (Å²) in [4.78, 5) is 12.6. The van der Waals surface area contributed by atoms with Crippen LogP contribution in [0.3, 0.4) is 0 Å². The third-order valence-electron chi connectivity index (χ3n) is 3.83. The van der Waals surface area contributed by atoms with Crippen molar-refractivity contribution in [2.45, 2.75) is 26.2 Å². The van der Waals surface area contributed by atoms with Crippen LogP contribution in [-0.2, 0) is 6.42 Å². The van der Waals surface area contributed by atoms with Gasteiger partial charge in [-0.3, -0.25) is 4.79 Å². The average Bonchev–Trinajstić information content (AvgIpc) is 2.33. The lowest BCUT2D eigenvalue weighted by molar-refractivity contribution is 0.0948. The number of aryl methyl sites for hydroxylation is 2. The molecule has 1 aliphatic rings. The Morgan fingerprint density at radius 1 is 1.11 bits per heavy atom. The predicted molar refractivity (Wildman–Crippen MR) is 73.1 cm³/mol. The first-order valence-corrected chi connectivity index (χ1v) is 6.36. The maximum atomic E-state index is 12.6. The first-order chi connectivity index (χ1) is 8.66. The highest BCUT2D eigenvalue weighted by atomic mass is 16.1. The molecule has 0 saturated heterocycles. The van der Waals surface area contributed by atoms with Gasteiger partial charge in [0, 0.05) is 5.56 Å². The van der Waals surface area contributed by atoms with Crippen LogP contribution in [0.4, 0.5) is 0 Å². The first-order valence-electron chi connectivity index (χ1n) is 6.36. The minimum Gasteiger partial charge on any atom is -0.293 e. The van der Waals surface area contributed by atoms with Gasteiger partial charge in [-0.15, -0.1) is 0 Å². The summed E-state index contributed by atoms with van der Waals surface area (Å²) in [6, 6.07) is 14.3. The molecule has 0 heterocycles. The van der Waals surface area contributed by atoms with Crippen molar-refractivity contribution in [1.29, 1.82) is 0 Å². The van der Waals surface area contributed by atoms with Gasteiger partial charge in [-0.05, 0) is 43.0 Å². The standard InChI is InChI=1S/C17H16O/c1-11-7-8-12(2)15(9-11)17(18)16-10-13-5-3-4-6-14(13)16/h3-9,16H,10H2,1-2H3. The van der Waals surface area contributed by atoms with E-state index in [9.17, 15) is 4.79 Å². The lowest BCUT2D eigenvalue weighted by Crippen LogP contribution is -2.25. The molecule has 2 aromatic carbocycles. The van der Waals surface area contributed by atoms with Crippen LogP contribution in [0.1, 0.15) is 38.5 Å². The summed E-state index contributed by atoms with van der Waals surface area (Å²) < 4.78 is 0. The molecule has 0 N–H and O–H groups in total. The van der Waals surface area contributed by atoms with Gasteiger partial charge in [0.05, 0.1) is 5.92 Å². The van der Waals surface area contributed by atoms with Crippen molar-refractivity contribution < 1.29 is 4.79 Å². The van der Waals surface area contributed by atoms with Crippen LogP contribution in [0, 0.1) is 13.8 Å². The Morgan fingerprint density at radius 3 is 2.67 bits per heavy atom. The zero-order chi connectivity index (χ0) is 12.7. The van der Waals surface area contributed by atoms with Gasteiger partial charge in [0.15, 0.2) is 5.78 Å². The molecule has 90 valence electrons. The van der Waals surface area contributed by atoms with Crippen molar-refractivity contribution in [1.82, 2.24) is 0 Å². The van der Waals surface area contributed by atoms with Gasteiger partial charge in [0.25, 0.3) is 0 Å². The normalized spacial score (nSPS) is 16.9. The summed E-state index contributed by atoms with van der Waals surface area (Å²) in [7, 11) is 0. The number of hydrogen-bond acceptors (Lipinski definition) is 1. The molecule has 0 aromatic heterocycles. The maximum Gasteiger partial charge on any atom is 0.170 e. The van der Waals surface area contributed by atoms with E-state index < -0.39 is 0 Å². The fraction of sp³-hybridized carbons (Fsp3) is 0.235. The molecule has 1 nitrogen and oxygen atoms in total. The van der Waals surface area contributed by atoms with Gasteiger partial charge < -0.3 is 0 Å². The molecule has 0 fully saturated rings. The number of hydrogen-bond donors (Lipinski definition) is 0. The molecule has 3 rings (SSSR count). The number of rotatable bonds is 2. The Morgan fingerprint density at radius 2 is 1.89 bits per heavy atom. The summed E-state index contributed by atoms with van der Waals surface area (Å²) in [5.41, 5.74) is 5.64. The molecule has 0 aliphatic heterocycles. The van der Waals surface area contributed by atoms with Gasteiger partial charge in [-0.1, -0.05) is 42.0 Å². The average molecular weight is 236 g/mol. The Kier molecular flexibility index (Phi) is 2.55. The maximum absolute atomic E-state index is 12.6. The molecule has 1 aliphatic carbocycles. The SMILES string of the molecule is Cc1ccc(C)c(C(=O)C2Cc3ccccc32)c1. The Labute approximate surface area is 107 Å². The zero-order valence-corrected chi connectivity index (χ0v) is 10.7. The third-order valence-corrected chi connectivity index (χ3v) is 3.83. The van der Waals surface area contributed by atoms with E-state index in [0.717, 1.165) is 23.1 Å². The molecule has 0 radical (unpaired) electrons. The summed E-state index contributed by atoms with van der Waals surface area (Å²) >= 11 is 0. The van der Waals surface area contributed by atoms with Crippen LogP contribution in [-0.4, -0.2) is 5.78 Å². The van der Waals surface area contributed by atoms with E-state index in [1.54, 1.807) is 0 Å². The Balaban J connectivity index is 1.96. The molecular weight excluding hydrogens is 220 g/mol. The Bertz CT molecular complexity index is 625. The molecular formula is C17H16O. The number of carbonyl (C=O) groups excluding carboxylic acids is 1. The number of Topliss-reactive ketones (excluding diaryl/α,β-unsaturated/α-hetero) is 1. The second kappa shape index (κ2) is 4.09. The highest BCUT2D eigenvalue weighted by Gasteiger charge is 2.32. The molecule has 1 heteroatoms. The lowest BCUT2D eigenvalue weighted by Gasteiger charge is -2.29. The monoisotopic (exact) mass is 236 g/mol. The van der Waals surface area contributed by atoms with Crippen molar-refractivity contribution in [2.24, 2.45) is 0 Å². The highest BCUT2D eigenvalue weighted by molar-refractivity contribution is 6.03. The molecule has 0 saturated carbocycles. The molecule has 0 amide bonds. The van der Waals surface area contributed by atoms with Gasteiger partial charge in [-0.25, -0.2) is 0 Å². The summed E-state index contributed by atoms with van der Waals surface area (Å²) in [5, 5.41) is 0. The topological polar surface area (TPSA) is 17.1 Å². The highest BCUT2D eigenvalue weighted by Crippen LogP contribution is 2.37. The van der Waals surface area contributed by atoms with E-state index in [4.69, 9.17) is 0 Å². The molecule has 1 atom stereocenters. The van der Waals surface area contributed by atoms with E-state index in [1.807, 2.05) is 38.1 Å². The van der Waals surface area contributed by atoms with E-state index in [2.05, 4.69) is 18.2 Å². The van der Waals surface area contributed by atoms with Crippen LogP contribution >= 0.6 is 0 Å². The number of fused-ring (bicyclic) bond motifs is 1. The van der Waals surface area contributed by atoms with E-state index in [0.29, 0.717) is 0 Å². The van der Waals surface area contributed by atoms with Gasteiger partial charge in [0.1, 0.15) is 0 Å². The third kappa shape index (κ3) is 1.67. The fourth-order valence-corrected chi connectivity index (χ4v) is 2.68. The van der Waals surface area contributed by atoms with Crippen molar-refractivity contribution >= 4 is 5.78 Å². The zero-order valence-electron chi connectivity index (χ0n) is 10.7. The van der Waals surface area contributed by atoms with Gasteiger partial charge >= 0.3 is 0 Å². The van der Waals surface area contributed by atoms with Crippen LogP contribution in [0.25, 0.3) is 0 Å². The van der Waals surface area contributed by atoms with Gasteiger partial charge in [0.2, 0.25) is 0 Å². The second-order valence-corrected chi connectivity index (χ2v) is 5.14. The molecule has 18 heavy (non-hydrogen) atoms. The van der Waals surface area contributed by atoms with E-state index in [1.165, 1.54) is 11.1 Å². The smallest absolute Gasteiger partial charge is 0.170 e. The lowest BCUT2D eigenvalue weighted by atomic mass is 9.73. The minimum absolute atomic E-state index is 0.0710. The molecule has 0 bridgehead atoms. The Hall–Kier alpha value is -1.89. The van der Waals surface area contributed by atoms with Gasteiger partial charge in [-0.2, -0.15) is 0 Å². The molecule has 1 unspecified atom stereocenters. The summed E-state index contributed by atoms with van der Waals surface area (Å²) in [6.07, 6.45) is 0.891.